The van der Waals surface area contributed by atoms with Crippen molar-refractivity contribution in [3.05, 3.63) is 162 Å². The quantitative estimate of drug-likeness (QED) is 0.0409. The number of hydrogen-bond donors (Lipinski definition) is 0. The highest BCUT2D eigenvalue weighted by atomic mass is 16.6. The highest BCUT2D eigenvalue weighted by Gasteiger charge is 2.17. The highest BCUT2D eigenvalue weighted by Crippen LogP contribution is 2.34. The van der Waals surface area contributed by atoms with Gasteiger partial charge >= 0.3 is 23.9 Å². The Kier molecular flexibility index (Phi) is 14.2. The second-order valence-electron chi connectivity index (χ2n) is 11.9. The largest absolute Gasteiger partial charge is 0.424 e. The second kappa shape index (κ2) is 18.5. The lowest BCUT2D eigenvalue weighted by molar-refractivity contribution is -0.138. The van der Waals surface area contributed by atoms with Gasteiger partial charge in [0.1, 0.15) is 5.76 Å². The molecular formula is C44H42O8. The van der Waals surface area contributed by atoms with Gasteiger partial charge in [0.25, 0.3) is 0 Å². The molecule has 0 aliphatic carbocycles. The fraction of sp³-hybridized carbons (Fsp3) is 0.136. The number of ether oxygens (including phenoxy) is 4. The predicted molar refractivity (Wildman–Crippen MR) is 205 cm³/mol. The third-order valence-electron chi connectivity index (χ3n) is 7.22. The van der Waals surface area contributed by atoms with Gasteiger partial charge in [-0.3, -0.25) is 0 Å². The predicted octanol–water partition coefficient (Wildman–Crippen LogP) is 9.92. The normalized spacial score (nSPS) is 11.8. The van der Waals surface area contributed by atoms with Gasteiger partial charge in [-0.1, -0.05) is 105 Å². The van der Waals surface area contributed by atoms with Gasteiger partial charge in [0.05, 0.1) is 0 Å². The minimum atomic E-state index is -0.647. The van der Waals surface area contributed by atoms with Crippen LogP contribution in [0.4, 0.5) is 0 Å². The van der Waals surface area contributed by atoms with E-state index in [1.54, 1.807) is 30.4 Å². The Labute approximate surface area is 305 Å². The summed E-state index contributed by atoms with van der Waals surface area (Å²) in [7, 11) is 0. The molecule has 0 saturated carbocycles. The van der Waals surface area contributed by atoms with Crippen LogP contribution in [-0.2, 0) is 28.7 Å². The first-order valence-corrected chi connectivity index (χ1v) is 16.2. The first-order chi connectivity index (χ1) is 24.6. The summed E-state index contributed by atoms with van der Waals surface area (Å²) in [6.45, 7) is 23.9. The van der Waals surface area contributed by atoms with Gasteiger partial charge < -0.3 is 18.9 Å². The van der Waals surface area contributed by atoms with Crippen molar-refractivity contribution in [3.63, 3.8) is 0 Å². The average Bonchev–Trinajstić information content (AvgIpc) is 3.11. The smallest absolute Gasteiger partial charge is 0.338 e. The first kappa shape index (κ1) is 39.9. The fourth-order valence-electron chi connectivity index (χ4n) is 4.20. The Morgan fingerprint density at radius 1 is 0.538 bits per heavy atom. The number of carbonyl (C=O) groups is 4. The lowest BCUT2D eigenvalue weighted by Crippen LogP contribution is -2.12. The lowest BCUT2D eigenvalue weighted by atomic mass is 10.0. The van der Waals surface area contributed by atoms with Crippen LogP contribution in [0.15, 0.2) is 145 Å². The molecule has 0 fully saturated rings. The van der Waals surface area contributed by atoms with Crippen molar-refractivity contribution >= 4 is 41.6 Å². The summed E-state index contributed by atoms with van der Waals surface area (Å²) in [5.41, 5.74) is 6.10. The third kappa shape index (κ3) is 11.5. The molecule has 0 aliphatic rings. The second-order valence-corrected chi connectivity index (χ2v) is 11.9. The molecule has 3 rings (SSSR count). The molecule has 0 radical (unpaired) electrons. The van der Waals surface area contributed by atoms with Crippen LogP contribution in [0.25, 0.3) is 28.9 Å². The maximum Gasteiger partial charge on any atom is 0.338 e. The molecule has 8 nitrogen and oxygen atoms in total. The summed E-state index contributed by atoms with van der Waals surface area (Å²) in [6, 6.07) is 20.6. The Morgan fingerprint density at radius 2 is 1.00 bits per heavy atom. The molecule has 0 bridgehead atoms. The zero-order chi connectivity index (χ0) is 38.5. The van der Waals surface area contributed by atoms with Gasteiger partial charge in [0.2, 0.25) is 0 Å². The molecule has 0 atom stereocenters. The van der Waals surface area contributed by atoms with Gasteiger partial charge in [-0.15, -0.1) is 0 Å². The van der Waals surface area contributed by atoms with Crippen LogP contribution in [0.3, 0.4) is 0 Å². The van der Waals surface area contributed by atoms with Crippen molar-refractivity contribution in [2.24, 2.45) is 0 Å². The van der Waals surface area contributed by atoms with Gasteiger partial charge in [-0.25, -0.2) is 19.2 Å². The Balaban J connectivity index is 1.78. The zero-order valence-corrected chi connectivity index (χ0v) is 30.3. The van der Waals surface area contributed by atoms with Crippen molar-refractivity contribution in [1.82, 2.24) is 0 Å². The molecule has 0 unspecified atom stereocenters. The van der Waals surface area contributed by atoms with Crippen LogP contribution in [0, 0.1) is 0 Å². The van der Waals surface area contributed by atoms with Crippen LogP contribution in [0.5, 0.6) is 11.5 Å². The van der Waals surface area contributed by atoms with E-state index in [9.17, 15) is 19.2 Å². The monoisotopic (exact) mass is 698 g/mol. The van der Waals surface area contributed by atoms with Gasteiger partial charge in [-0.2, -0.15) is 0 Å². The van der Waals surface area contributed by atoms with Gasteiger partial charge in [0.15, 0.2) is 17.3 Å². The fourth-order valence-corrected chi connectivity index (χ4v) is 4.20. The van der Waals surface area contributed by atoms with Crippen LogP contribution >= 0.6 is 0 Å². The summed E-state index contributed by atoms with van der Waals surface area (Å²) >= 11 is 0. The first-order valence-electron chi connectivity index (χ1n) is 16.2. The van der Waals surface area contributed by atoms with Crippen molar-refractivity contribution in [2.75, 3.05) is 0 Å². The number of benzene rings is 3. The summed E-state index contributed by atoms with van der Waals surface area (Å²) < 4.78 is 21.6. The van der Waals surface area contributed by atoms with E-state index in [-0.39, 0.29) is 45.3 Å². The number of esters is 4. The van der Waals surface area contributed by atoms with Crippen LogP contribution < -0.4 is 9.47 Å². The Bertz CT molecular complexity index is 2050. The molecule has 3 aromatic carbocycles. The summed E-state index contributed by atoms with van der Waals surface area (Å²) in [5.74, 6) is -2.19. The summed E-state index contributed by atoms with van der Waals surface area (Å²) in [5, 5.41) is 0. The maximum absolute atomic E-state index is 12.3. The number of carbonyl (C=O) groups excluding carboxylic acids is 4. The lowest BCUT2D eigenvalue weighted by Gasteiger charge is -2.12. The number of hydrogen-bond acceptors (Lipinski definition) is 8. The van der Waals surface area contributed by atoms with Crippen molar-refractivity contribution in [2.45, 2.75) is 41.5 Å². The van der Waals surface area contributed by atoms with Crippen LogP contribution in [-0.4, -0.2) is 23.9 Å². The van der Waals surface area contributed by atoms with Gasteiger partial charge in [0, 0.05) is 22.3 Å². The third-order valence-corrected chi connectivity index (χ3v) is 7.22. The molecule has 52 heavy (non-hydrogen) atoms. The molecule has 8 heteroatoms. The molecule has 0 heterocycles. The Hall–Kier alpha value is -6.54. The maximum atomic E-state index is 12.3. The molecule has 0 saturated heterocycles. The van der Waals surface area contributed by atoms with E-state index in [2.05, 4.69) is 26.3 Å². The molecule has 0 amide bonds. The van der Waals surface area contributed by atoms with E-state index in [0.29, 0.717) is 0 Å². The minimum Gasteiger partial charge on any atom is -0.424 e. The Morgan fingerprint density at radius 3 is 1.50 bits per heavy atom. The topological polar surface area (TPSA) is 105 Å². The zero-order valence-electron chi connectivity index (χ0n) is 30.3. The van der Waals surface area contributed by atoms with E-state index in [4.69, 9.17) is 18.9 Å². The van der Waals surface area contributed by atoms with E-state index in [0.717, 1.165) is 33.4 Å². The van der Waals surface area contributed by atoms with Crippen LogP contribution in [0.2, 0.25) is 0 Å². The molecule has 0 spiro atoms. The number of rotatable bonds is 14. The molecule has 0 aliphatic heterocycles. The minimum absolute atomic E-state index is 0.0697. The molecule has 0 aromatic heterocycles. The summed E-state index contributed by atoms with van der Waals surface area (Å²) in [4.78, 5) is 48.7. The molecule has 0 N–H and O–H groups in total. The summed E-state index contributed by atoms with van der Waals surface area (Å²) in [6.07, 6.45) is 9.21. The van der Waals surface area contributed by atoms with Crippen molar-refractivity contribution in [1.29, 1.82) is 0 Å². The van der Waals surface area contributed by atoms with Crippen molar-refractivity contribution in [3.8, 4) is 22.6 Å². The highest BCUT2D eigenvalue weighted by molar-refractivity contribution is 5.92. The van der Waals surface area contributed by atoms with Crippen molar-refractivity contribution < 1.29 is 38.1 Å². The van der Waals surface area contributed by atoms with E-state index in [1.807, 2.05) is 73.7 Å². The van der Waals surface area contributed by atoms with E-state index >= 15 is 0 Å². The average molecular weight is 699 g/mol. The SMILES string of the molecule is C=C(C)C(=O)O/C(C)=C(/C=C\C(=C/C)c1ccc(/C=C/c2ccc(-c3ccc(OC(=O)C(=C)C)c(OC(=O)C(=C)C)c3)cc2)cc1)OC(=O)C(=C)C. The number of allylic oxidation sites excluding steroid dienone is 5. The van der Waals surface area contributed by atoms with Crippen LogP contribution in [0.1, 0.15) is 58.2 Å². The standard InChI is InChI=1S/C44H42O8/c1-11-34(22-24-38(50-42(46)28(4)5)31(10)49-41(45)27(2)3)35-18-14-32(15-19-35)12-13-33-16-20-36(21-17-33)37-23-25-39(51-43(47)29(6)7)40(26-37)52-44(48)30(8)9/h11-26H,2,4,6,8H2,1,3,5,7,9-10H3/b13-12+,24-22-,34-11+,38-31-. The van der Waals surface area contributed by atoms with Gasteiger partial charge in [-0.05, 0) is 93.1 Å². The van der Waals surface area contributed by atoms with E-state index in [1.165, 1.54) is 34.6 Å². The molecule has 266 valence electrons. The van der Waals surface area contributed by atoms with E-state index < -0.39 is 23.9 Å². The molecule has 3 aromatic rings. The molecular weight excluding hydrogens is 656 g/mol.